The van der Waals surface area contributed by atoms with Gasteiger partial charge in [-0.2, -0.15) is 0 Å². The van der Waals surface area contributed by atoms with Crippen LogP contribution in [0.4, 0.5) is 11.4 Å². The minimum atomic E-state index is 0.757. The molecular formula is C20H24N2OS. The van der Waals surface area contributed by atoms with Crippen LogP contribution in [0.5, 0.6) is 5.75 Å². The predicted molar refractivity (Wildman–Crippen MR) is 101 cm³/mol. The number of rotatable bonds is 3. The van der Waals surface area contributed by atoms with Crippen LogP contribution in [0, 0.1) is 5.92 Å². The molecule has 0 amide bonds. The van der Waals surface area contributed by atoms with Crippen molar-refractivity contribution < 1.29 is 4.74 Å². The van der Waals surface area contributed by atoms with Gasteiger partial charge in [0.15, 0.2) is 0 Å². The molecule has 4 rings (SSSR count). The number of fused-ring (bicyclic) bond motifs is 2. The number of likely N-dealkylation sites (tertiary alicyclic amines) is 1. The molecular weight excluding hydrogens is 316 g/mol. The van der Waals surface area contributed by atoms with Gasteiger partial charge < -0.3 is 14.5 Å². The predicted octanol–water partition coefficient (Wildman–Crippen LogP) is 4.64. The highest BCUT2D eigenvalue weighted by atomic mass is 32.2. The molecule has 24 heavy (non-hydrogen) atoms. The Hall–Kier alpha value is -1.65. The van der Waals surface area contributed by atoms with Crippen LogP contribution in [-0.2, 0) is 0 Å². The summed E-state index contributed by atoms with van der Waals surface area (Å²) in [5, 5.41) is 0. The summed E-state index contributed by atoms with van der Waals surface area (Å²) < 4.78 is 5.43. The average Bonchev–Trinajstić information content (AvgIpc) is 2.62. The number of para-hydroxylation sites is 1. The minimum absolute atomic E-state index is 0.757. The summed E-state index contributed by atoms with van der Waals surface area (Å²) >= 11 is 1.85. The molecule has 0 saturated carbocycles. The van der Waals surface area contributed by atoms with Gasteiger partial charge in [-0.3, -0.25) is 0 Å². The second-order valence-corrected chi connectivity index (χ2v) is 7.84. The van der Waals surface area contributed by atoms with Crippen molar-refractivity contribution in [3.63, 3.8) is 0 Å². The number of ether oxygens (including phenoxy) is 1. The molecule has 0 radical (unpaired) electrons. The fourth-order valence-corrected chi connectivity index (χ4v) is 4.76. The molecule has 0 spiro atoms. The average molecular weight is 340 g/mol. The molecule has 126 valence electrons. The highest BCUT2D eigenvalue weighted by Crippen LogP contribution is 2.49. The van der Waals surface area contributed by atoms with Crippen LogP contribution < -0.4 is 9.64 Å². The van der Waals surface area contributed by atoms with Crippen molar-refractivity contribution in [2.75, 3.05) is 38.7 Å². The van der Waals surface area contributed by atoms with E-state index >= 15 is 0 Å². The first-order valence-corrected chi connectivity index (χ1v) is 9.47. The lowest BCUT2D eigenvalue weighted by molar-refractivity contribution is 0.223. The summed E-state index contributed by atoms with van der Waals surface area (Å²) in [5.74, 6) is 1.69. The van der Waals surface area contributed by atoms with E-state index in [1.807, 2.05) is 11.8 Å². The smallest absolute Gasteiger partial charge is 0.120 e. The fourth-order valence-electron chi connectivity index (χ4n) is 3.64. The van der Waals surface area contributed by atoms with Crippen molar-refractivity contribution in [2.24, 2.45) is 5.92 Å². The number of nitrogens with zero attached hydrogens (tertiary/aromatic N) is 2. The molecule has 0 bridgehead atoms. The normalized spacial score (nSPS) is 18.2. The SMILES string of the molecule is COc1ccc2c(c1)Sc1ccccc1N2CC1CCN(C)CC1. The quantitative estimate of drug-likeness (QED) is 0.808. The maximum Gasteiger partial charge on any atom is 0.120 e. The van der Waals surface area contributed by atoms with Crippen molar-refractivity contribution >= 4 is 23.1 Å². The zero-order valence-electron chi connectivity index (χ0n) is 14.4. The van der Waals surface area contributed by atoms with E-state index in [4.69, 9.17) is 4.74 Å². The largest absolute Gasteiger partial charge is 0.497 e. The Balaban J connectivity index is 1.67. The number of hydrogen-bond donors (Lipinski definition) is 0. The van der Waals surface area contributed by atoms with Gasteiger partial charge in [0.1, 0.15) is 5.75 Å². The Bertz CT molecular complexity index is 725. The third kappa shape index (κ3) is 3.01. The number of benzene rings is 2. The van der Waals surface area contributed by atoms with E-state index < -0.39 is 0 Å². The maximum atomic E-state index is 5.43. The summed E-state index contributed by atoms with van der Waals surface area (Å²) in [4.78, 5) is 7.60. The second-order valence-electron chi connectivity index (χ2n) is 6.76. The zero-order valence-corrected chi connectivity index (χ0v) is 15.2. The maximum absolute atomic E-state index is 5.43. The molecule has 2 aliphatic rings. The molecule has 3 nitrogen and oxygen atoms in total. The Morgan fingerprint density at radius 2 is 1.79 bits per heavy atom. The topological polar surface area (TPSA) is 15.7 Å². The highest BCUT2D eigenvalue weighted by molar-refractivity contribution is 7.99. The lowest BCUT2D eigenvalue weighted by Gasteiger charge is -2.37. The van der Waals surface area contributed by atoms with Crippen LogP contribution in [0.15, 0.2) is 52.3 Å². The Morgan fingerprint density at radius 3 is 2.58 bits per heavy atom. The molecule has 0 aromatic heterocycles. The highest BCUT2D eigenvalue weighted by Gasteiger charge is 2.27. The van der Waals surface area contributed by atoms with E-state index in [-0.39, 0.29) is 0 Å². The number of piperidine rings is 1. The third-order valence-electron chi connectivity index (χ3n) is 5.11. The van der Waals surface area contributed by atoms with Gasteiger partial charge in [-0.1, -0.05) is 23.9 Å². The summed E-state index contributed by atoms with van der Waals surface area (Å²) in [5.41, 5.74) is 2.66. The fraction of sp³-hybridized carbons (Fsp3) is 0.400. The van der Waals surface area contributed by atoms with Crippen LogP contribution in [0.2, 0.25) is 0 Å². The molecule has 0 aliphatic carbocycles. The van der Waals surface area contributed by atoms with Crippen LogP contribution in [-0.4, -0.2) is 38.7 Å². The summed E-state index contributed by atoms with van der Waals surface area (Å²) in [6, 6.07) is 15.2. The van der Waals surface area contributed by atoms with Crippen LogP contribution >= 0.6 is 11.8 Å². The second kappa shape index (κ2) is 6.69. The van der Waals surface area contributed by atoms with E-state index in [0.29, 0.717) is 0 Å². The van der Waals surface area contributed by atoms with Crippen molar-refractivity contribution in [2.45, 2.75) is 22.6 Å². The number of anilines is 2. The molecule has 0 atom stereocenters. The third-order valence-corrected chi connectivity index (χ3v) is 6.22. The molecule has 0 unspecified atom stereocenters. The molecule has 1 fully saturated rings. The Kier molecular flexibility index (Phi) is 4.42. The van der Waals surface area contributed by atoms with Crippen molar-refractivity contribution in [3.8, 4) is 5.75 Å². The van der Waals surface area contributed by atoms with Gasteiger partial charge in [0.2, 0.25) is 0 Å². The minimum Gasteiger partial charge on any atom is -0.497 e. The first-order chi connectivity index (χ1) is 11.7. The molecule has 4 heteroatoms. The molecule has 2 aromatic carbocycles. The number of methoxy groups -OCH3 is 1. The van der Waals surface area contributed by atoms with E-state index in [1.54, 1.807) is 7.11 Å². The molecule has 1 saturated heterocycles. The first-order valence-electron chi connectivity index (χ1n) is 8.65. The molecule has 2 heterocycles. The summed E-state index contributed by atoms with van der Waals surface area (Å²) in [7, 11) is 3.96. The van der Waals surface area contributed by atoms with Crippen molar-refractivity contribution in [1.82, 2.24) is 4.90 Å². The zero-order chi connectivity index (χ0) is 16.5. The van der Waals surface area contributed by atoms with Gasteiger partial charge in [-0.05, 0) is 69.2 Å². The van der Waals surface area contributed by atoms with E-state index in [1.165, 1.54) is 47.1 Å². The van der Waals surface area contributed by atoms with Gasteiger partial charge in [-0.25, -0.2) is 0 Å². The lowest BCUT2D eigenvalue weighted by Crippen LogP contribution is -2.36. The van der Waals surface area contributed by atoms with Crippen molar-refractivity contribution in [1.29, 1.82) is 0 Å². The van der Waals surface area contributed by atoms with Gasteiger partial charge in [0.25, 0.3) is 0 Å². The molecule has 0 N–H and O–H groups in total. The standard InChI is InChI=1S/C20H24N2OS/c1-21-11-9-15(10-12-21)14-22-17-5-3-4-6-19(17)24-20-13-16(23-2)7-8-18(20)22/h3-8,13,15H,9-12,14H2,1-2H3. The first kappa shape index (κ1) is 15.9. The molecule has 2 aromatic rings. The van der Waals surface area contributed by atoms with E-state index in [9.17, 15) is 0 Å². The molecule has 2 aliphatic heterocycles. The summed E-state index contributed by atoms with van der Waals surface area (Å²) in [6.07, 6.45) is 2.57. The van der Waals surface area contributed by atoms with Crippen LogP contribution in [0.3, 0.4) is 0 Å². The summed E-state index contributed by atoms with van der Waals surface area (Å²) in [6.45, 7) is 3.53. The lowest BCUT2D eigenvalue weighted by atomic mass is 9.96. The van der Waals surface area contributed by atoms with Crippen molar-refractivity contribution in [3.05, 3.63) is 42.5 Å². The van der Waals surface area contributed by atoms with Crippen LogP contribution in [0.1, 0.15) is 12.8 Å². The number of hydrogen-bond acceptors (Lipinski definition) is 4. The van der Waals surface area contributed by atoms with Gasteiger partial charge >= 0.3 is 0 Å². The van der Waals surface area contributed by atoms with E-state index in [2.05, 4.69) is 59.3 Å². The Morgan fingerprint density at radius 1 is 1.04 bits per heavy atom. The van der Waals surface area contributed by atoms with Gasteiger partial charge in [0, 0.05) is 16.3 Å². The van der Waals surface area contributed by atoms with Gasteiger partial charge in [0.05, 0.1) is 18.5 Å². The van der Waals surface area contributed by atoms with E-state index in [0.717, 1.165) is 18.2 Å². The Labute approximate surface area is 148 Å². The van der Waals surface area contributed by atoms with Gasteiger partial charge in [-0.15, -0.1) is 0 Å². The van der Waals surface area contributed by atoms with Crippen LogP contribution in [0.25, 0.3) is 0 Å². The monoisotopic (exact) mass is 340 g/mol.